The highest BCUT2D eigenvalue weighted by atomic mass is 79.9. The Morgan fingerprint density at radius 3 is 2.42 bits per heavy atom. The Balaban J connectivity index is 2.30. The van der Waals surface area contributed by atoms with Gasteiger partial charge in [0, 0.05) is 13.4 Å². The van der Waals surface area contributed by atoms with Crippen LogP contribution in [0.1, 0.15) is 17.2 Å². The van der Waals surface area contributed by atoms with Crippen LogP contribution in [-0.4, -0.2) is 0 Å². The molecule has 0 saturated carbocycles. The summed E-state index contributed by atoms with van der Waals surface area (Å²) in [7, 11) is 0. The fourth-order valence-corrected chi connectivity index (χ4v) is 3.27. The molecule has 0 aliphatic carbocycles. The summed E-state index contributed by atoms with van der Waals surface area (Å²) in [6.45, 7) is 0. The zero-order chi connectivity index (χ0) is 13.8. The highest BCUT2D eigenvalue weighted by Gasteiger charge is 2.15. The van der Waals surface area contributed by atoms with Gasteiger partial charge in [-0.1, -0.05) is 66.0 Å². The Labute approximate surface area is 138 Å². The summed E-state index contributed by atoms with van der Waals surface area (Å²) >= 11 is 10.6. The number of nitrogens with one attached hydrogen (secondary N) is 1. The summed E-state index contributed by atoms with van der Waals surface area (Å²) in [5, 5.41) is 0. The average molecular weight is 449 g/mol. The van der Waals surface area contributed by atoms with E-state index in [1.165, 1.54) is 5.56 Å². The summed E-state index contributed by atoms with van der Waals surface area (Å²) < 4.78 is 3.19. The van der Waals surface area contributed by atoms with Gasteiger partial charge in [-0.2, -0.15) is 0 Å². The van der Waals surface area contributed by atoms with E-state index in [2.05, 4.69) is 65.3 Å². The summed E-state index contributed by atoms with van der Waals surface area (Å²) in [6.07, 6.45) is 0.812. The SMILES string of the molecule is NNC(Cc1ccccc1Br)c1cc(Br)ccc1Br. The van der Waals surface area contributed by atoms with Crippen LogP contribution < -0.4 is 11.3 Å². The van der Waals surface area contributed by atoms with Crippen LogP contribution >= 0.6 is 47.8 Å². The van der Waals surface area contributed by atoms with Gasteiger partial charge in [0.15, 0.2) is 0 Å². The molecule has 0 bridgehead atoms. The van der Waals surface area contributed by atoms with Crippen LogP contribution in [0.5, 0.6) is 0 Å². The Morgan fingerprint density at radius 2 is 1.74 bits per heavy atom. The molecular formula is C14H13Br3N2. The van der Waals surface area contributed by atoms with Crippen molar-refractivity contribution in [3.63, 3.8) is 0 Å². The summed E-state index contributed by atoms with van der Waals surface area (Å²) in [5.41, 5.74) is 5.24. The number of benzene rings is 2. The van der Waals surface area contributed by atoms with Crippen molar-refractivity contribution < 1.29 is 0 Å². The van der Waals surface area contributed by atoms with E-state index in [-0.39, 0.29) is 6.04 Å². The van der Waals surface area contributed by atoms with Crippen LogP contribution in [0.25, 0.3) is 0 Å². The zero-order valence-electron chi connectivity index (χ0n) is 10.0. The molecule has 19 heavy (non-hydrogen) atoms. The van der Waals surface area contributed by atoms with Gasteiger partial charge in [0.25, 0.3) is 0 Å². The van der Waals surface area contributed by atoms with E-state index in [0.717, 1.165) is 25.4 Å². The predicted molar refractivity (Wildman–Crippen MR) is 89.8 cm³/mol. The first kappa shape index (κ1) is 15.2. The smallest absolute Gasteiger partial charge is 0.0512 e. The normalized spacial score (nSPS) is 12.4. The molecule has 0 spiro atoms. The molecule has 0 aromatic heterocycles. The van der Waals surface area contributed by atoms with Gasteiger partial charge in [-0.15, -0.1) is 0 Å². The molecule has 0 saturated heterocycles. The van der Waals surface area contributed by atoms with Gasteiger partial charge in [0.05, 0.1) is 6.04 Å². The molecule has 1 atom stereocenters. The van der Waals surface area contributed by atoms with Gasteiger partial charge in [-0.3, -0.25) is 11.3 Å². The van der Waals surface area contributed by atoms with E-state index < -0.39 is 0 Å². The van der Waals surface area contributed by atoms with Gasteiger partial charge in [0.1, 0.15) is 0 Å². The van der Waals surface area contributed by atoms with E-state index in [0.29, 0.717) is 0 Å². The van der Waals surface area contributed by atoms with Crippen molar-refractivity contribution in [2.45, 2.75) is 12.5 Å². The maximum atomic E-state index is 5.72. The first-order valence-corrected chi connectivity index (χ1v) is 8.14. The van der Waals surface area contributed by atoms with Gasteiger partial charge in [-0.25, -0.2) is 0 Å². The molecule has 2 aromatic rings. The number of halogens is 3. The minimum Gasteiger partial charge on any atom is -0.271 e. The molecule has 1 unspecified atom stereocenters. The fourth-order valence-electron chi connectivity index (χ4n) is 1.92. The van der Waals surface area contributed by atoms with Crippen LogP contribution in [0.2, 0.25) is 0 Å². The topological polar surface area (TPSA) is 38.0 Å². The lowest BCUT2D eigenvalue weighted by atomic mass is 9.99. The molecular weight excluding hydrogens is 436 g/mol. The minimum atomic E-state index is 0.0468. The quantitative estimate of drug-likeness (QED) is 0.524. The Bertz CT molecular complexity index is 572. The lowest BCUT2D eigenvalue weighted by Gasteiger charge is -2.19. The number of nitrogens with two attached hydrogens (primary N) is 1. The largest absolute Gasteiger partial charge is 0.271 e. The van der Waals surface area contributed by atoms with Crippen molar-refractivity contribution in [1.82, 2.24) is 5.43 Å². The first-order chi connectivity index (χ1) is 9.11. The highest BCUT2D eigenvalue weighted by molar-refractivity contribution is 9.11. The highest BCUT2D eigenvalue weighted by Crippen LogP contribution is 2.30. The second-order valence-electron chi connectivity index (χ2n) is 4.18. The van der Waals surface area contributed by atoms with E-state index in [1.807, 2.05) is 30.3 Å². The Morgan fingerprint density at radius 1 is 1.00 bits per heavy atom. The van der Waals surface area contributed by atoms with Crippen LogP contribution in [0.15, 0.2) is 55.9 Å². The van der Waals surface area contributed by atoms with Gasteiger partial charge in [-0.05, 0) is 41.8 Å². The molecule has 0 heterocycles. The zero-order valence-corrected chi connectivity index (χ0v) is 14.8. The van der Waals surface area contributed by atoms with Gasteiger partial charge in [0.2, 0.25) is 0 Å². The molecule has 0 amide bonds. The van der Waals surface area contributed by atoms with Crippen molar-refractivity contribution in [3.8, 4) is 0 Å². The number of hydrogen-bond donors (Lipinski definition) is 2. The standard InChI is InChI=1S/C14H13Br3N2/c15-10-5-6-13(17)11(8-10)14(19-18)7-9-3-1-2-4-12(9)16/h1-6,8,14,19H,7,18H2. The van der Waals surface area contributed by atoms with Gasteiger partial charge < -0.3 is 0 Å². The third-order valence-electron chi connectivity index (χ3n) is 2.92. The molecule has 2 nitrogen and oxygen atoms in total. The number of rotatable bonds is 4. The number of hydrazine groups is 1. The second kappa shape index (κ2) is 6.99. The van der Waals surface area contributed by atoms with E-state index in [9.17, 15) is 0 Å². The lowest BCUT2D eigenvalue weighted by molar-refractivity contribution is 0.549. The summed E-state index contributed by atoms with van der Waals surface area (Å²) in [5.74, 6) is 5.72. The third-order valence-corrected chi connectivity index (χ3v) is 4.91. The maximum absolute atomic E-state index is 5.72. The van der Waals surface area contributed by atoms with Gasteiger partial charge >= 0.3 is 0 Å². The Kier molecular flexibility index (Phi) is 5.59. The van der Waals surface area contributed by atoms with E-state index in [1.54, 1.807) is 0 Å². The van der Waals surface area contributed by atoms with Crippen LogP contribution in [-0.2, 0) is 6.42 Å². The molecule has 100 valence electrons. The molecule has 3 N–H and O–H groups in total. The van der Waals surface area contributed by atoms with Crippen molar-refractivity contribution in [3.05, 3.63) is 67.0 Å². The van der Waals surface area contributed by atoms with E-state index >= 15 is 0 Å². The molecule has 0 radical (unpaired) electrons. The van der Waals surface area contributed by atoms with Crippen LogP contribution in [0.3, 0.4) is 0 Å². The molecule has 2 aromatic carbocycles. The Hall–Kier alpha value is -0.200. The van der Waals surface area contributed by atoms with Crippen molar-refractivity contribution in [1.29, 1.82) is 0 Å². The molecule has 0 aliphatic heterocycles. The predicted octanol–water partition coefficient (Wildman–Crippen LogP) is 4.72. The summed E-state index contributed by atoms with van der Waals surface area (Å²) in [4.78, 5) is 0. The number of hydrogen-bond acceptors (Lipinski definition) is 2. The lowest BCUT2D eigenvalue weighted by Crippen LogP contribution is -2.30. The molecule has 0 fully saturated rings. The second-order valence-corrected chi connectivity index (χ2v) is 6.80. The summed E-state index contributed by atoms with van der Waals surface area (Å²) in [6, 6.07) is 14.3. The first-order valence-electron chi connectivity index (χ1n) is 5.76. The monoisotopic (exact) mass is 446 g/mol. The fraction of sp³-hybridized carbons (Fsp3) is 0.143. The average Bonchev–Trinajstić information content (AvgIpc) is 2.41. The third kappa shape index (κ3) is 3.89. The maximum Gasteiger partial charge on any atom is 0.0512 e. The molecule has 5 heteroatoms. The molecule has 2 rings (SSSR count). The minimum absolute atomic E-state index is 0.0468. The van der Waals surface area contributed by atoms with Crippen molar-refractivity contribution in [2.75, 3.05) is 0 Å². The van der Waals surface area contributed by atoms with Crippen LogP contribution in [0.4, 0.5) is 0 Å². The molecule has 0 aliphatic rings. The van der Waals surface area contributed by atoms with Crippen LogP contribution in [0, 0.1) is 0 Å². The van der Waals surface area contributed by atoms with E-state index in [4.69, 9.17) is 5.84 Å². The van der Waals surface area contributed by atoms with Crippen molar-refractivity contribution in [2.24, 2.45) is 5.84 Å². The van der Waals surface area contributed by atoms with Crippen molar-refractivity contribution >= 4 is 47.8 Å².